The summed E-state index contributed by atoms with van der Waals surface area (Å²) in [5, 5.41) is 5.33. The highest BCUT2D eigenvalue weighted by molar-refractivity contribution is 7.12. The van der Waals surface area contributed by atoms with E-state index in [4.69, 9.17) is 0 Å². The zero-order chi connectivity index (χ0) is 13.0. The first-order valence-corrected chi connectivity index (χ1v) is 6.36. The molecule has 0 aliphatic heterocycles. The summed E-state index contributed by atoms with van der Waals surface area (Å²) in [4.78, 5) is 25.2. The fourth-order valence-electron chi connectivity index (χ4n) is 1.49. The maximum atomic E-state index is 11.8. The van der Waals surface area contributed by atoms with Crippen LogP contribution in [-0.4, -0.2) is 24.4 Å². The van der Waals surface area contributed by atoms with E-state index < -0.39 is 0 Å². The van der Waals surface area contributed by atoms with E-state index in [1.807, 2.05) is 33.8 Å². The molecule has 0 saturated carbocycles. The molecule has 2 amide bonds. The van der Waals surface area contributed by atoms with Gasteiger partial charge in [-0.3, -0.25) is 9.59 Å². The molecule has 0 spiro atoms. The van der Waals surface area contributed by atoms with Gasteiger partial charge in [0, 0.05) is 15.8 Å². The third-order valence-corrected chi connectivity index (χ3v) is 3.11. The molecule has 1 aromatic heterocycles. The molecule has 2 N–H and O–H groups in total. The SMILES string of the molecule is Cc1cc(C(=O)NCC(=O)NC(C)C)c(C)s1. The van der Waals surface area contributed by atoms with E-state index >= 15 is 0 Å². The predicted octanol–water partition coefficient (Wildman–Crippen LogP) is 1.62. The molecule has 1 heterocycles. The molecule has 0 unspecified atom stereocenters. The summed E-state index contributed by atoms with van der Waals surface area (Å²) < 4.78 is 0. The van der Waals surface area contributed by atoms with Gasteiger partial charge in [-0.05, 0) is 33.8 Å². The molecule has 5 heteroatoms. The summed E-state index contributed by atoms with van der Waals surface area (Å²) in [5.41, 5.74) is 0.657. The second-order valence-electron chi connectivity index (χ2n) is 4.23. The van der Waals surface area contributed by atoms with E-state index in [9.17, 15) is 9.59 Å². The first-order valence-electron chi connectivity index (χ1n) is 5.54. The Balaban J connectivity index is 2.50. The fraction of sp³-hybridized carbons (Fsp3) is 0.500. The van der Waals surface area contributed by atoms with Gasteiger partial charge in [0.15, 0.2) is 0 Å². The monoisotopic (exact) mass is 254 g/mol. The van der Waals surface area contributed by atoms with Crippen LogP contribution in [0, 0.1) is 13.8 Å². The topological polar surface area (TPSA) is 58.2 Å². The molecule has 17 heavy (non-hydrogen) atoms. The van der Waals surface area contributed by atoms with Crippen LogP contribution in [0.1, 0.15) is 34.0 Å². The Morgan fingerprint density at radius 3 is 2.47 bits per heavy atom. The van der Waals surface area contributed by atoms with Gasteiger partial charge >= 0.3 is 0 Å². The van der Waals surface area contributed by atoms with Crippen molar-refractivity contribution in [3.05, 3.63) is 21.4 Å². The number of carbonyl (C=O) groups is 2. The van der Waals surface area contributed by atoms with Crippen molar-refractivity contribution in [1.29, 1.82) is 0 Å². The lowest BCUT2D eigenvalue weighted by molar-refractivity contribution is -0.120. The van der Waals surface area contributed by atoms with E-state index in [1.54, 1.807) is 11.3 Å². The highest BCUT2D eigenvalue weighted by Crippen LogP contribution is 2.20. The molecular weight excluding hydrogens is 236 g/mol. The molecule has 1 rings (SSSR count). The average Bonchev–Trinajstić information content (AvgIpc) is 2.53. The van der Waals surface area contributed by atoms with Crippen LogP contribution in [0.3, 0.4) is 0 Å². The van der Waals surface area contributed by atoms with Crippen LogP contribution < -0.4 is 10.6 Å². The maximum absolute atomic E-state index is 11.8. The van der Waals surface area contributed by atoms with E-state index in [0.717, 1.165) is 9.75 Å². The Morgan fingerprint density at radius 1 is 1.35 bits per heavy atom. The highest BCUT2D eigenvalue weighted by Gasteiger charge is 2.12. The van der Waals surface area contributed by atoms with Crippen molar-refractivity contribution in [2.24, 2.45) is 0 Å². The average molecular weight is 254 g/mol. The summed E-state index contributed by atoms with van der Waals surface area (Å²) in [5.74, 6) is -0.358. The number of amides is 2. The van der Waals surface area contributed by atoms with Gasteiger partial charge in [0.25, 0.3) is 5.91 Å². The number of rotatable bonds is 4. The number of hydrogen-bond acceptors (Lipinski definition) is 3. The minimum absolute atomic E-state index is 0.0192. The van der Waals surface area contributed by atoms with Crippen LogP contribution in [0.15, 0.2) is 6.07 Å². The van der Waals surface area contributed by atoms with Gasteiger partial charge in [-0.25, -0.2) is 0 Å². The lowest BCUT2D eigenvalue weighted by Crippen LogP contribution is -2.39. The van der Waals surface area contributed by atoms with Gasteiger partial charge < -0.3 is 10.6 Å². The summed E-state index contributed by atoms with van der Waals surface area (Å²) in [6.45, 7) is 7.64. The van der Waals surface area contributed by atoms with Crippen LogP contribution in [0.2, 0.25) is 0 Å². The number of aryl methyl sites for hydroxylation is 2. The number of carbonyl (C=O) groups excluding carboxylic acids is 2. The van der Waals surface area contributed by atoms with Gasteiger partial charge in [-0.2, -0.15) is 0 Å². The van der Waals surface area contributed by atoms with Gasteiger partial charge in [-0.15, -0.1) is 11.3 Å². The summed E-state index contributed by atoms with van der Waals surface area (Å²) in [7, 11) is 0. The van der Waals surface area contributed by atoms with Gasteiger partial charge in [0.1, 0.15) is 0 Å². The van der Waals surface area contributed by atoms with Crippen molar-refractivity contribution in [2.45, 2.75) is 33.7 Å². The van der Waals surface area contributed by atoms with E-state index in [2.05, 4.69) is 10.6 Å². The van der Waals surface area contributed by atoms with Crippen LogP contribution >= 0.6 is 11.3 Å². The second kappa shape index (κ2) is 5.82. The van der Waals surface area contributed by atoms with Crippen LogP contribution in [0.25, 0.3) is 0 Å². The van der Waals surface area contributed by atoms with E-state index in [-0.39, 0.29) is 24.4 Å². The molecule has 0 aliphatic rings. The fourth-order valence-corrected chi connectivity index (χ4v) is 2.41. The number of nitrogens with one attached hydrogen (secondary N) is 2. The molecule has 0 bridgehead atoms. The summed E-state index contributed by atoms with van der Waals surface area (Å²) in [6.07, 6.45) is 0. The molecule has 1 aromatic rings. The minimum Gasteiger partial charge on any atom is -0.352 e. The molecule has 0 saturated heterocycles. The van der Waals surface area contributed by atoms with Crippen molar-refractivity contribution < 1.29 is 9.59 Å². The normalized spacial score (nSPS) is 10.4. The summed E-state index contributed by atoms with van der Waals surface area (Å²) >= 11 is 1.58. The molecule has 0 aromatic carbocycles. The van der Waals surface area contributed by atoms with Crippen molar-refractivity contribution in [1.82, 2.24) is 10.6 Å². The van der Waals surface area contributed by atoms with Gasteiger partial charge in [-0.1, -0.05) is 0 Å². The molecule has 0 fully saturated rings. The lowest BCUT2D eigenvalue weighted by atomic mass is 10.2. The van der Waals surface area contributed by atoms with Crippen molar-refractivity contribution in [3.63, 3.8) is 0 Å². The molecule has 94 valence electrons. The minimum atomic E-state index is -0.189. The van der Waals surface area contributed by atoms with Crippen molar-refractivity contribution in [3.8, 4) is 0 Å². The Kier molecular flexibility index (Phi) is 4.69. The second-order valence-corrected chi connectivity index (χ2v) is 5.69. The number of thiophene rings is 1. The Bertz CT molecular complexity index is 424. The van der Waals surface area contributed by atoms with Crippen LogP contribution in [-0.2, 0) is 4.79 Å². The zero-order valence-corrected chi connectivity index (χ0v) is 11.4. The van der Waals surface area contributed by atoms with Crippen LogP contribution in [0.5, 0.6) is 0 Å². The van der Waals surface area contributed by atoms with E-state index in [1.165, 1.54) is 0 Å². The molecular formula is C12H18N2O2S. The molecule has 0 atom stereocenters. The standard InChI is InChI=1S/C12H18N2O2S/c1-7(2)14-11(15)6-13-12(16)10-5-8(3)17-9(10)4/h5,7H,6H2,1-4H3,(H,13,16)(H,14,15). The molecule has 0 aliphatic carbocycles. The lowest BCUT2D eigenvalue weighted by Gasteiger charge is -2.09. The highest BCUT2D eigenvalue weighted by atomic mass is 32.1. The predicted molar refractivity (Wildman–Crippen MR) is 69.4 cm³/mol. The smallest absolute Gasteiger partial charge is 0.252 e. The maximum Gasteiger partial charge on any atom is 0.252 e. The third-order valence-electron chi connectivity index (χ3n) is 2.14. The van der Waals surface area contributed by atoms with E-state index in [0.29, 0.717) is 5.56 Å². The number of hydrogen-bond donors (Lipinski definition) is 2. The largest absolute Gasteiger partial charge is 0.352 e. The third kappa shape index (κ3) is 4.19. The van der Waals surface area contributed by atoms with Gasteiger partial charge in [0.2, 0.25) is 5.91 Å². The van der Waals surface area contributed by atoms with Gasteiger partial charge in [0.05, 0.1) is 12.1 Å². The summed E-state index contributed by atoms with van der Waals surface area (Å²) in [6, 6.07) is 1.93. The zero-order valence-electron chi connectivity index (χ0n) is 10.6. The molecule has 0 radical (unpaired) electrons. The first kappa shape index (κ1) is 13.7. The van der Waals surface area contributed by atoms with Crippen molar-refractivity contribution in [2.75, 3.05) is 6.54 Å². The Hall–Kier alpha value is -1.36. The first-order chi connectivity index (χ1) is 7.90. The Morgan fingerprint density at radius 2 is 2.00 bits per heavy atom. The molecule has 4 nitrogen and oxygen atoms in total. The van der Waals surface area contributed by atoms with Crippen LogP contribution in [0.4, 0.5) is 0 Å². The Labute approximate surface area is 105 Å². The van der Waals surface area contributed by atoms with Crippen molar-refractivity contribution >= 4 is 23.2 Å². The quantitative estimate of drug-likeness (QED) is 0.858.